The lowest BCUT2D eigenvalue weighted by atomic mass is 9.83. The maximum absolute atomic E-state index is 13.6. The number of nitrogens with two attached hydrogens (primary N) is 2. The van der Waals surface area contributed by atoms with E-state index in [1.54, 1.807) is 50.8 Å². The number of methoxy groups -OCH3 is 2. The SMILES string of the molecule is COC1=C(C)C(=O)C2=C(C1=O)[C@@H](COC(N)=O)[C@@]1(OC)[C@@H]3[C@H](CN21)N3C(=O)OCc1ccc(SSCCCC(=O)CCCNC(=O)c2ccc(NCc3cnc4nc(N)[nH]c(=O)c4n3)cc2)cc1.O=C=O.O=S=O. The van der Waals surface area contributed by atoms with Crippen molar-refractivity contribution in [3.05, 3.63) is 105 Å². The number of hydrogen-bond acceptors (Lipinski definition) is 23. The van der Waals surface area contributed by atoms with Crippen molar-refractivity contribution in [1.29, 1.82) is 0 Å². The molecule has 0 spiro atoms. The summed E-state index contributed by atoms with van der Waals surface area (Å²) in [5.74, 6) is -1.36. The van der Waals surface area contributed by atoms with Crippen LogP contribution in [0.4, 0.5) is 21.2 Å². The van der Waals surface area contributed by atoms with Gasteiger partial charge in [-0.15, -0.1) is 0 Å². The number of piperazine rings is 1. The van der Waals surface area contributed by atoms with E-state index >= 15 is 0 Å². The summed E-state index contributed by atoms with van der Waals surface area (Å²) in [6.07, 6.45) is 2.15. The summed E-state index contributed by atoms with van der Waals surface area (Å²) in [6, 6.07) is 13.5. The summed E-state index contributed by atoms with van der Waals surface area (Å²) in [6.45, 7) is 2.00. The number of primary amides is 1. The van der Waals surface area contributed by atoms with E-state index in [0.29, 0.717) is 43.5 Å². The van der Waals surface area contributed by atoms with Crippen LogP contribution >= 0.6 is 21.6 Å². The smallest absolute Gasteiger partial charge is 0.410 e. The number of fused-ring (bicyclic) bond motifs is 5. The number of hydrogen-bond donors (Lipinski definition) is 5. The number of ketones is 3. The number of carbonyl (C=O) groups excluding carboxylic acids is 8. The Balaban J connectivity index is 0.00000142. The van der Waals surface area contributed by atoms with Gasteiger partial charge in [0.25, 0.3) is 11.5 Å². The first-order chi connectivity index (χ1) is 35.6. The molecule has 7 N–H and O–H groups in total. The van der Waals surface area contributed by atoms with Crippen LogP contribution in [0.5, 0.6) is 0 Å². The quantitative estimate of drug-likeness (QED) is 0.0367. The Morgan fingerprint density at radius 2 is 1.65 bits per heavy atom. The molecule has 74 heavy (non-hydrogen) atoms. The Kier molecular flexibility index (Phi) is 18.9. The van der Waals surface area contributed by atoms with E-state index in [2.05, 4.69) is 30.6 Å². The maximum Gasteiger partial charge on any atom is 0.410 e. The van der Waals surface area contributed by atoms with Crippen molar-refractivity contribution >= 4 is 97.6 Å². The predicted octanol–water partition coefficient (Wildman–Crippen LogP) is 2.35. The largest absolute Gasteiger partial charge is 0.492 e. The van der Waals surface area contributed by atoms with Gasteiger partial charge < -0.3 is 45.9 Å². The molecule has 8 rings (SSSR count). The minimum absolute atomic E-state index is 0.000135. The summed E-state index contributed by atoms with van der Waals surface area (Å²) in [7, 11) is 5.93. The lowest BCUT2D eigenvalue weighted by Gasteiger charge is -2.40. The Bertz CT molecular complexity index is 3000. The monoisotopic (exact) mass is 1080 g/mol. The summed E-state index contributed by atoms with van der Waals surface area (Å²) in [4.78, 5) is 125. The zero-order chi connectivity index (χ0) is 53.7. The molecule has 4 aromatic rings. The van der Waals surface area contributed by atoms with Gasteiger partial charge in [-0.3, -0.25) is 33.9 Å². The zero-order valence-corrected chi connectivity index (χ0v) is 42.2. The first-order valence-corrected chi connectivity index (χ1v) is 25.3. The fourth-order valence-corrected chi connectivity index (χ4v) is 11.0. The molecule has 4 atom stereocenters. The van der Waals surface area contributed by atoms with E-state index in [0.717, 1.165) is 21.9 Å². The number of ether oxygens (including phenoxy) is 4. The van der Waals surface area contributed by atoms with Crippen molar-refractivity contribution in [2.75, 3.05) is 50.7 Å². The van der Waals surface area contributed by atoms with E-state index in [1.807, 2.05) is 24.3 Å². The van der Waals surface area contributed by atoms with Gasteiger partial charge in [0.15, 0.2) is 22.6 Å². The molecule has 5 heterocycles. The van der Waals surface area contributed by atoms with Crippen LogP contribution < -0.4 is 27.7 Å². The molecular formula is C46H48N10O15S3. The molecule has 390 valence electrons. The van der Waals surface area contributed by atoms with Crippen molar-refractivity contribution < 1.29 is 65.7 Å². The minimum atomic E-state index is -1.39. The molecule has 0 bridgehead atoms. The van der Waals surface area contributed by atoms with Gasteiger partial charge in [0.2, 0.25) is 17.5 Å². The third kappa shape index (κ3) is 12.3. The molecule has 25 nitrogen and oxygen atoms in total. The molecule has 0 radical (unpaired) electrons. The highest BCUT2D eigenvalue weighted by Gasteiger charge is 2.78. The van der Waals surface area contributed by atoms with Crippen LogP contribution in [0.3, 0.4) is 0 Å². The second-order valence-corrected chi connectivity index (χ2v) is 19.0. The fraction of sp³-hybridized carbons (Fsp3) is 0.370. The number of benzene rings is 2. The number of aromatic nitrogens is 4. The molecule has 0 unspecified atom stereocenters. The number of Topliss-reactive ketones (excluding diaryl/α,β-unsaturated/α-hetero) is 3. The van der Waals surface area contributed by atoms with Crippen LogP contribution in [0.25, 0.3) is 11.2 Å². The molecule has 2 fully saturated rings. The van der Waals surface area contributed by atoms with Gasteiger partial charge in [-0.25, -0.2) is 19.6 Å². The standard InChI is InChI=1S/C45H48N10O11S2.CO2.O2S/c1-23-35(57)34-32(36(58)37(23)63-2)30(22-65-43(47)61)45(64-3)38-31(20-54(34)45)55(38)44(62)66-21-24-8-14-29(15-9-24)68-67-17-5-7-28(56)6-4-16-48-40(59)25-10-12-26(13-11-25)49-18-27-19-50-39-33(51-27)41(60)53-42(46)52-39;2-1-3;1-3-2/h8-15,19,30-31,38,49H,4-7,16-18,20-22H2,1-3H3,(H2,47,61)(H,48,59)(H3,46,50,52,53,60);;/t30-,31+,38+,45-,55?;;/m1../s1. The highest BCUT2D eigenvalue weighted by atomic mass is 33.1. The molecule has 28 heteroatoms. The number of nitrogens with zero attached hydrogens (tertiary/aromatic N) is 5. The van der Waals surface area contributed by atoms with Gasteiger partial charge in [0, 0.05) is 66.1 Å². The van der Waals surface area contributed by atoms with Crippen molar-refractivity contribution in [1.82, 2.24) is 35.1 Å². The van der Waals surface area contributed by atoms with Crippen molar-refractivity contribution in [3.63, 3.8) is 0 Å². The number of nitrogen functional groups attached to an aromatic ring is 1. The highest BCUT2D eigenvalue weighted by Crippen LogP contribution is 2.60. The third-order valence-corrected chi connectivity index (χ3v) is 14.6. The van der Waals surface area contributed by atoms with Crippen molar-refractivity contribution in [2.45, 2.75) is 68.5 Å². The number of H-pyrrole nitrogens is 1. The second-order valence-electron chi connectivity index (χ2n) is 16.4. The number of aromatic amines is 1. The zero-order valence-electron chi connectivity index (χ0n) is 39.7. The third-order valence-electron chi connectivity index (χ3n) is 12.1. The van der Waals surface area contributed by atoms with Crippen LogP contribution in [-0.2, 0) is 67.6 Å². The van der Waals surface area contributed by atoms with E-state index in [9.17, 15) is 33.6 Å². The molecule has 3 amide bonds. The van der Waals surface area contributed by atoms with Gasteiger partial charge in [0.05, 0.1) is 43.2 Å². The topological polar surface area (TPSA) is 361 Å². The average Bonchev–Trinajstić information content (AvgIpc) is 3.89. The Morgan fingerprint density at radius 3 is 2.31 bits per heavy atom. The van der Waals surface area contributed by atoms with Gasteiger partial charge in [-0.1, -0.05) is 33.7 Å². The van der Waals surface area contributed by atoms with E-state index < -0.39 is 58.6 Å². The lowest BCUT2D eigenvalue weighted by Crippen LogP contribution is -2.56. The Labute approximate surface area is 431 Å². The van der Waals surface area contributed by atoms with Gasteiger partial charge >= 0.3 is 29.9 Å². The predicted molar refractivity (Wildman–Crippen MR) is 262 cm³/mol. The first-order valence-electron chi connectivity index (χ1n) is 22.3. The number of amides is 3. The molecule has 1 aliphatic carbocycles. The molecule has 2 saturated heterocycles. The number of nitrogens with one attached hydrogen (secondary N) is 3. The average molecular weight is 1080 g/mol. The number of allylic oxidation sites excluding steroid dienone is 2. The van der Waals surface area contributed by atoms with Crippen LogP contribution in [0.1, 0.15) is 54.2 Å². The normalized spacial score (nSPS) is 18.9. The summed E-state index contributed by atoms with van der Waals surface area (Å²) < 4.78 is 38.8. The van der Waals surface area contributed by atoms with E-state index in [-0.39, 0.29) is 89.9 Å². The fourth-order valence-electron chi connectivity index (χ4n) is 8.93. The number of anilines is 2. The Morgan fingerprint density at radius 1 is 0.959 bits per heavy atom. The Hall–Kier alpha value is -7.78. The van der Waals surface area contributed by atoms with Gasteiger partial charge in [-0.2, -0.15) is 23.0 Å². The molecule has 2 aromatic carbocycles. The van der Waals surface area contributed by atoms with Crippen molar-refractivity contribution in [3.8, 4) is 0 Å². The number of carbonyl (C=O) groups is 6. The maximum atomic E-state index is 13.6. The minimum Gasteiger partial charge on any atom is -0.492 e. The van der Waals surface area contributed by atoms with Crippen molar-refractivity contribution in [2.24, 2.45) is 11.7 Å². The van der Waals surface area contributed by atoms with E-state index in [4.69, 9.17) is 48.4 Å². The summed E-state index contributed by atoms with van der Waals surface area (Å²) in [5.41, 5.74) is 12.1. The summed E-state index contributed by atoms with van der Waals surface area (Å²) >= 11 is -0.750. The van der Waals surface area contributed by atoms with Gasteiger partial charge in [-0.05, 0) is 61.7 Å². The van der Waals surface area contributed by atoms with Crippen LogP contribution in [0, 0.1) is 5.92 Å². The van der Waals surface area contributed by atoms with Crippen LogP contribution in [0.2, 0.25) is 0 Å². The lowest BCUT2D eigenvalue weighted by molar-refractivity contribution is -0.191. The highest BCUT2D eigenvalue weighted by molar-refractivity contribution is 8.76. The van der Waals surface area contributed by atoms with Crippen LogP contribution in [0.15, 0.2) is 87.0 Å². The second kappa shape index (κ2) is 25.2. The first kappa shape index (κ1) is 55.5. The van der Waals surface area contributed by atoms with E-state index in [1.165, 1.54) is 32.2 Å². The summed E-state index contributed by atoms with van der Waals surface area (Å²) in [5, 5.41) is 6.04. The number of rotatable bonds is 20. The molecule has 3 aliphatic heterocycles. The molecule has 0 saturated carbocycles. The van der Waals surface area contributed by atoms with Crippen LogP contribution in [-0.4, -0.2) is 137 Å². The molecule has 4 aliphatic rings. The van der Waals surface area contributed by atoms with Gasteiger partial charge in [0.1, 0.15) is 25.0 Å². The molecular weight excluding hydrogens is 1030 g/mol. The molecule has 2 aromatic heterocycles.